The minimum Gasteiger partial charge on any atom is -0.396 e. The van der Waals surface area contributed by atoms with Gasteiger partial charge in [0.25, 0.3) is 0 Å². The van der Waals surface area contributed by atoms with Gasteiger partial charge in [-0.15, -0.1) is 0 Å². The molecule has 114 valence electrons. The Balaban J connectivity index is 1.98. The molecule has 0 spiro atoms. The summed E-state index contributed by atoms with van der Waals surface area (Å²) in [4.78, 5) is 12.4. The van der Waals surface area contributed by atoms with Crippen molar-refractivity contribution in [1.82, 2.24) is 24.6 Å². The van der Waals surface area contributed by atoms with Crippen LogP contribution >= 0.6 is 0 Å². The zero-order chi connectivity index (χ0) is 15.5. The molecule has 0 atom stereocenters. The van der Waals surface area contributed by atoms with Crippen molar-refractivity contribution in [2.75, 3.05) is 24.2 Å². The fraction of sp³-hybridized carbons (Fsp3) is 0.286. The normalized spacial score (nSPS) is 11.0. The predicted octanol–water partition coefficient (Wildman–Crippen LogP) is 0.871. The molecule has 3 heterocycles. The highest BCUT2D eigenvalue weighted by Gasteiger charge is 2.13. The molecule has 3 rings (SSSR count). The molecule has 4 N–H and O–H groups in total. The number of nitrogens with zero attached hydrogens (tertiary/aromatic N) is 5. The van der Waals surface area contributed by atoms with E-state index in [0.29, 0.717) is 18.7 Å². The van der Waals surface area contributed by atoms with Gasteiger partial charge in [0.2, 0.25) is 5.95 Å². The monoisotopic (exact) mass is 299 g/mol. The second kappa shape index (κ2) is 5.94. The van der Waals surface area contributed by atoms with E-state index in [1.807, 2.05) is 13.0 Å². The van der Waals surface area contributed by atoms with Crippen LogP contribution in [0.25, 0.3) is 16.9 Å². The quantitative estimate of drug-likeness (QED) is 0.599. The molecule has 3 aromatic heterocycles. The Labute approximate surface area is 127 Å². The van der Waals surface area contributed by atoms with Gasteiger partial charge in [0.15, 0.2) is 0 Å². The molecule has 0 aromatic carbocycles. The SMILES string of the molecule is Cc1c(-c2ccnc(N)n2)nn2cnc(NCCCO)cc12. The zero-order valence-corrected chi connectivity index (χ0v) is 12.2. The van der Waals surface area contributed by atoms with Crippen molar-refractivity contribution in [3.63, 3.8) is 0 Å². The number of aromatic nitrogens is 5. The van der Waals surface area contributed by atoms with Gasteiger partial charge >= 0.3 is 0 Å². The number of anilines is 2. The van der Waals surface area contributed by atoms with Crippen molar-refractivity contribution in [2.24, 2.45) is 0 Å². The number of nitrogens with one attached hydrogen (secondary N) is 1. The Morgan fingerprint density at radius 1 is 1.36 bits per heavy atom. The fourth-order valence-corrected chi connectivity index (χ4v) is 2.22. The largest absolute Gasteiger partial charge is 0.396 e. The summed E-state index contributed by atoms with van der Waals surface area (Å²) in [6.45, 7) is 2.80. The van der Waals surface area contributed by atoms with E-state index in [1.165, 1.54) is 0 Å². The summed E-state index contributed by atoms with van der Waals surface area (Å²) < 4.78 is 1.71. The summed E-state index contributed by atoms with van der Waals surface area (Å²) in [7, 11) is 0. The third-order valence-electron chi connectivity index (χ3n) is 3.33. The second-order valence-electron chi connectivity index (χ2n) is 4.88. The molecule has 0 amide bonds. The highest BCUT2D eigenvalue weighted by atomic mass is 16.3. The lowest BCUT2D eigenvalue weighted by atomic mass is 10.2. The number of rotatable bonds is 5. The molecule has 8 heteroatoms. The van der Waals surface area contributed by atoms with E-state index in [2.05, 4.69) is 25.4 Å². The van der Waals surface area contributed by atoms with Crippen LogP contribution in [0.3, 0.4) is 0 Å². The Kier molecular flexibility index (Phi) is 3.84. The number of hydrogen-bond acceptors (Lipinski definition) is 7. The highest BCUT2D eigenvalue weighted by Crippen LogP contribution is 2.24. The third-order valence-corrected chi connectivity index (χ3v) is 3.33. The van der Waals surface area contributed by atoms with E-state index in [9.17, 15) is 0 Å². The van der Waals surface area contributed by atoms with E-state index in [0.717, 1.165) is 22.6 Å². The van der Waals surface area contributed by atoms with Crippen LogP contribution in [0.4, 0.5) is 11.8 Å². The Bertz CT molecular complexity index is 799. The van der Waals surface area contributed by atoms with E-state index < -0.39 is 0 Å². The summed E-state index contributed by atoms with van der Waals surface area (Å²) in [5, 5.41) is 16.5. The van der Waals surface area contributed by atoms with Crippen LogP contribution in [0.1, 0.15) is 12.0 Å². The van der Waals surface area contributed by atoms with Gasteiger partial charge in [-0.3, -0.25) is 0 Å². The Morgan fingerprint density at radius 2 is 2.23 bits per heavy atom. The van der Waals surface area contributed by atoms with Gasteiger partial charge in [0.05, 0.1) is 11.2 Å². The highest BCUT2D eigenvalue weighted by molar-refractivity contribution is 5.72. The molecule has 0 aliphatic heterocycles. The first-order chi connectivity index (χ1) is 10.7. The number of aliphatic hydroxyl groups is 1. The van der Waals surface area contributed by atoms with Gasteiger partial charge in [0, 0.05) is 31.0 Å². The van der Waals surface area contributed by atoms with E-state index in [1.54, 1.807) is 23.1 Å². The lowest BCUT2D eigenvalue weighted by Crippen LogP contribution is -2.05. The molecule has 0 aliphatic carbocycles. The van der Waals surface area contributed by atoms with Crippen molar-refractivity contribution in [3.8, 4) is 11.4 Å². The summed E-state index contributed by atoms with van der Waals surface area (Å²) in [6.07, 6.45) is 3.94. The van der Waals surface area contributed by atoms with Crippen LogP contribution in [-0.2, 0) is 0 Å². The van der Waals surface area contributed by atoms with Crippen molar-refractivity contribution >= 4 is 17.3 Å². The molecular formula is C14H17N7O. The topological polar surface area (TPSA) is 114 Å². The summed E-state index contributed by atoms with van der Waals surface area (Å²) in [5.41, 5.74) is 9.00. The molecule has 0 saturated carbocycles. The third kappa shape index (κ3) is 2.68. The molecule has 8 nitrogen and oxygen atoms in total. The molecule has 0 fully saturated rings. The van der Waals surface area contributed by atoms with Crippen molar-refractivity contribution < 1.29 is 5.11 Å². The number of hydrogen-bond donors (Lipinski definition) is 3. The maximum atomic E-state index is 8.82. The molecule has 0 saturated heterocycles. The first kappa shape index (κ1) is 14.2. The first-order valence-corrected chi connectivity index (χ1v) is 6.97. The van der Waals surface area contributed by atoms with Crippen LogP contribution in [0.2, 0.25) is 0 Å². The molecule has 0 bridgehead atoms. The van der Waals surface area contributed by atoms with Gasteiger partial charge < -0.3 is 16.2 Å². The number of nitrogen functional groups attached to an aromatic ring is 1. The van der Waals surface area contributed by atoms with Crippen LogP contribution < -0.4 is 11.1 Å². The molecule has 22 heavy (non-hydrogen) atoms. The van der Waals surface area contributed by atoms with Gasteiger partial charge in [-0.2, -0.15) is 5.10 Å². The second-order valence-corrected chi connectivity index (χ2v) is 4.88. The van der Waals surface area contributed by atoms with E-state index in [4.69, 9.17) is 10.8 Å². The number of aryl methyl sites for hydroxylation is 1. The van der Waals surface area contributed by atoms with Gasteiger partial charge in [0.1, 0.15) is 17.8 Å². The smallest absolute Gasteiger partial charge is 0.220 e. The average Bonchev–Trinajstić information content (AvgIpc) is 2.85. The Morgan fingerprint density at radius 3 is 3.00 bits per heavy atom. The number of nitrogens with two attached hydrogens (primary N) is 1. The summed E-state index contributed by atoms with van der Waals surface area (Å²) in [5.74, 6) is 0.969. The lowest BCUT2D eigenvalue weighted by molar-refractivity contribution is 0.292. The maximum Gasteiger partial charge on any atom is 0.220 e. The minimum absolute atomic E-state index is 0.153. The van der Waals surface area contributed by atoms with Crippen molar-refractivity contribution in [2.45, 2.75) is 13.3 Å². The van der Waals surface area contributed by atoms with Gasteiger partial charge in [-0.05, 0) is 19.4 Å². The zero-order valence-electron chi connectivity index (χ0n) is 12.2. The summed E-state index contributed by atoms with van der Waals surface area (Å²) >= 11 is 0. The van der Waals surface area contributed by atoms with Crippen LogP contribution in [-0.4, -0.2) is 42.8 Å². The van der Waals surface area contributed by atoms with Gasteiger partial charge in [-0.1, -0.05) is 0 Å². The summed E-state index contributed by atoms with van der Waals surface area (Å²) in [6, 6.07) is 3.70. The minimum atomic E-state index is 0.153. The standard InChI is InChI=1S/C14H17N7O/c1-9-11-7-12(16-4-2-6-22)18-8-21(11)20-13(9)10-3-5-17-14(15)19-10/h3,5,7-8,16,22H,2,4,6H2,1H3,(H2,15,17,19). The van der Waals surface area contributed by atoms with Crippen LogP contribution in [0.15, 0.2) is 24.7 Å². The van der Waals surface area contributed by atoms with Crippen molar-refractivity contribution in [1.29, 1.82) is 0 Å². The predicted molar refractivity (Wildman–Crippen MR) is 83.4 cm³/mol. The molecule has 3 aromatic rings. The average molecular weight is 299 g/mol. The van der Waals surface area contributed by atoms with Gasteiger partial charge in [-0.25, -0.2) is 19.5 Å². The molecule has 0 aliphatic rings. The molecule has 0 unspecified atom stereocenters. The number of aliphatic hydroxyl groups excluding tert-OH is 1. The maximum absolute atomic E-state index is 8.82. The lowest BCUT2D eigenvalue weighted by Gasteiger charge is -2.04. The van der Waals surface area contributed by atoms with Crippen LogP contribution in [0, 0.1) is 6.92 Å². The van der Waals surface area contributed by atoms with E-state index in [-0.39, 0.29) is 12.6 Å². The molecule has 0 radical (unpaired) electrons. The van der Waals surface area contributed by atoms with E-state index >= 15 is 0 Å². The first-order valence-electron chi connectivity index (χ1n) is 6.97. The Hall–Kier alpha value is -2.74. The van der Waals surface area contributed by atoms with Crippen molar-refractivity contribution in [3.05, 3.63) is 30.2 Å². The fourth-order valence-electron chi connectivity index (χ4n) is 2.22. The number of fused-ring (bicyclic) bond motifs is 1. The molecular weight excluding hydrogens is 282 g/mol. The van der Waals surface area contributed by atoms with Crippen LogP contribution in [0.5, 0.6) is 0 Å².